The Labute approximate surface area is 185 Å². The van der Waals surface area contributed by atoms with E-state index in [4.69, 9.17) is 4.74 Å². The number of nitrogens with zero attached hydrogens (tertiary/aromatic N) is 2. The van der Waals surface area contributed by atoms with Crippen molar-refractivity contribution in [1.29, 1.82) is 0 Å². The first-order valence-corrected chi connectivity index (χ1v) is 11.5. The van der Waals surface area contributed by atoms with Gasteiger partial charge in [0.1, 0.15) is 5.75 Å². The van der Waals surface area contributed by atoms with Crippen LogP contribution in [0.3, 0.4) is 0 Å². The van der Waals surface area contributed by atoms with Crippen molar-refractivity contribution in [3.8, 4) is 5.75 Å². The third-order valence-corrected chi connectivity index (χ3v) is 6.48. The van der Waals surface area contributed by atoms with E-state index in [1.54, 1.807) is 0 Å². The Morgan fingerprint density at radius 1 is 0.839 bits per heavy atom. The fourth-order valence-corrected chi connectivity index (χ4v) is 4.45. The summed E-state index contributed by atoms with van der Waals surface area (Å²) in [6.45, 7) is 6.04. The molecule has 2 fully saturated rings. The van der Waals surface area contributed by atoms with Crippen molar-refractivity contribution < 1.29 is 14.3 Å². The van der Waals surface area contributed by atoms with Gasteiger partial charge in [-0.2, -0.15) is 0 Å². The van der Waals surface area contributed by atoms with Crippen LogP contribution in [0.25, 0.3) is 0 Å². The summed E-state index contributed by atoms with van der Waals surface area (Å²) < 4.78 is 6.01. The minimum absolute atomic E-state index is 0.0975. The van der Waals surface area contributed by atoms with E-state index in [-0.39, 0.29) is 11.8 Å². The number of ether oxygens (including phenoxy) is 1. The minimum Gasteiger partial charge on any atom is -0.493 e. The molecule has 2 aromatic rings. The molecule has 0 bridgehead atoms. The predicted molar refractivity (Wildman–Crippen MR) is 121 cm³/mol. The fourth-order valence-electron chi connectivity index (χ4n) is 4.45. The van der Waals surface area contributed by atoms with Gasteiger partial charge in [-0.05, 0) is 68.0 Å². The lowest BCUT2D eigenvalue weighted by Gasteiger charge is -2.32. The van der Waals surface area contributed by atoms with Gasteiger partial charge >= 0.3 is 0 Å². The number of piperidine rings is 2. The first kappa shape index (κ1) is 21.4. The summed E-state index contributed by atoms with van der Waals surface area (Å²) in [5.41, 5.74) is 1.46. The lowest BCUT2D eigenvalue weighted by atomic mass is 9.98. The van der Waals surface area contributed by atoms with Gasteiger partial charge in [0.25, 0.3) is 11.8 Å². The second-order valence-electron chi connectivity index (χ2n) is 8.94. The van der Waals surface area contributed by atoms with E-state index in [1.807, 2.05) is 64.4 Å². The molecule has 164 valence electrons. The number of hydrogen-bond donors (Lipinski definition) is 0. The molecule has 2 aromatic carbocycles. The zero-order valence-electron chi connectivity index (χ0n) is 18.3. The highest BCUT2D eigenvalue weighted by atomic mass is 16.5. The maximum absolute atomic E-state index is 12.7. The molecule has 0 saturated carbocycles. The monoisotopic (exact) mass is 420 g/mol. The van der Waals surface area contributed by atoms with Crippen LogP contribution in [-0.2, 0) is 0 Å². The van der Waals surface area contributed by atoms with Crippen molar-refractivity contribution >= 4 is 11.8 Å². The van der Waals surface area contributed by atoms with Crippen molar-refractivity contribution in [1.82, 2.24) is 9.80 Å². The van der Waals surface area contributed by atoms with Gasteiger partial charge in [-0.25, -0.2) is 0 Å². The van der Waals surface area contributed by atoms with Crippen LogP contribution in [0.15, 0.2) is 54.6 Å². The number of carbonyl (C=O) groups excluding carboxylic acids is 2. The molecule has 2 aliphatic rings. The third kappa shape index (κ3) is 5.46. The Balaban J connectivity index is 1.28. The third-order valence-electron chi connectivity index (χ3n) is 6.48. The fraction of sp³-hybridized carbons (Fsp3) is 0.462. The van der Waals surface area contributed by atoms with Gasteiger partial charge in [0.2, 0.25) is 0 Å². The van der Waals surface area contributed by atoms with Gasteiger partial charge < -0.3 is 14.5 Å². The van der Waals surface area contributed by atoms with Gasteiger partial charge in [-0.3, -0.25) is 9.59 Å². The molecule has 0 aromatic heterocycles. The molecule has 0 N–H and O–H groups in total. The van der Waals surface area contributed by atoms with Gasteiger partial charge in [0.05, 0.1) is 6.61 Å². The number of amides is 2. The van der Waals surface area contributed by atoms with E-state index in [0.29, 0.717) is 18.4 Å². The molecule has 2 amide bonds. The van der Waals surface area contributed by atoms with Crippen molar-refractivity contribution in [2.24, 2.45) is 11.8 Å². The first-order valence-electron chi connectivity index (χ1n) is 11.5. The second kappa shape index (κ2) is 9.99. The molecule has 1 atom stereocenters. The van der Waals surface area contributed by atoms with E-state index in [9.17, 15) is 9.59 Å². The van der Waals surface area contributed by atoms with Crippen LogP contribution in [0, 0.1) is 11.8 Å². The number of rotatable bonds is 5. The van der Waals surface area contributed by atoms with Crippen LogP contribution >= 0.6 is 0 Å². The topological polar surface area (TPSA) is 49.9 Å². The number of carbonyl (C=O) groups is 2. The van der Waals surface area contributed by atoms with Crippen LogP contribution in [0.5, 0.6) is 5.75 Å². The van der Waals surface area contributed by atoms with Crippen molar-refractivity contribution in [2.75, 3.05) is 32.8 Å². The molecule has 4 rings (SSSR count). The predicted octanol–water partition coefficient (Wildman–Crippen LogP) is 4.49. The molecule has 0 aliphatic carbocycles. The van der Waals surface area contributed by atoms with Crippen LogP contribution in [0.1, 0.15) is 53.3 Å². The lowest BCUT2D eigenvalue weighted by molar-refractivity contribution is 0.0633. The van der Waals surface area contributed by atoms with E-state index in [1.165, 1.54) is 0 Å². The highest BCUT2D eigenvalue weighted by molar-refractivity contribution is 5.94. The molecule has 0 unspecified atom stereocenters. The van der Waals surface area contributed by atoms with Gasteiger partial charge in [-0.1, -0.05) is 25.1 Å². The molecule has 0 spiro atoms. The Morgan fingerprint density at radius 2 is 1.48 bits per heavy atom. The summed E-state index contributed by atoms with van der Waals surface area (Å²) in [5, 5.41) is 0. The number of likely N-dealkylation sites (tertiary alicyclic amines) is 2. The zero-order valence-corrected chi connectivity index (χ0v) is 18.3. The van der Waals surface area contributed by atoms with Crippen molar-refractivity contribution in [3.05, 3.63) is 65.7 Å². The summed E-state index contributed by atoms with van der Waals surface area (Å²) in [6, 6.07) is 17.0. The average molecular weight is 421 g/mol. The molecule has 31 heavy (non-hydrogen) atoms. The van der Waals surface area contributed by atoms with Gasteiger partial charge in [0, 0.05) is 43.2 Å². The molecular formula is C26H32N2O3. The molecule has 5 nitrogen and oxygen atoms in total. The van der Waals surface area contributed by atoms with Crippen molar-refractivity contribution in [3.63, 3.8) is 0 Å². The van der Waals surface area contributed by atoms with Crippen molar-refractivity contribution in [2.45, 2.75) is 32.6 Å². The van der Waals surface area contributed by atoms with E-state index < -0.39 is 0 Å². The maximum atomic E-state index is 12.7. The number of hydrogen-bond acceptors (Lipinski definition) is 3. The average Bonchev–Trinajstić information content (AvgIpc) is 2.83. The van der Waals surface area contributed by atoms with E-state index >= 15 is 0 Å². The van der Waals surface area contributed by atoms with Crippen LogP contribution in [0.2, 0.25) is 0 Å². The van der Waals surface area contributed by atoms with E-state index in [2.05, 4.69) is 6.92 Å². The largest absolute Gasteiger partial charge is 0.493 e. The number of benzene rings is 2. The second-order valence-corrected chi connectivity index (χ2v) is 8.94. The quantitative estimate of drug-likeness (QED) is 0.716. The summed E-state index contributed by atoms with van der Waals surface area (Å²) in [5.74, 6) is 2.01. The van der Waals surface area contributed by atoms with Gasteiger partial charge in [-0.15, -0.1) is 0 Å². The summed E-state index contributed by atoms with van der Waals surface area (Å²) in [6.07, 6.45) is 4.22. The van der Waals surface area contributed by atoms with Crippen LogP contribution in [0.4, 0.5) is 0 Å². The Hall–Kier alpha value is -2.82. The molecule has 2 aliphatic heterocycles. The summed E-state index contributed by atoms with van der Waals surface area (Å²) in [7, 11) is 0. The summed E-state index contributed by atoms with van der Waals surface area (Å²) >= 11 is 0. The normalized spacial score (nSPS) is 19.8. The Morgan fingerprint density at radius 3 is 2.19 bits per heavy atom. The summed E-state index contributed by atoms with van der Waals surface area (Å²) in [4.78, 5) is 29.3. The minimum atomic E-state index is 0.0975. The molecule has 5 heteroatoms. The molecule has 0 radical (unpaired) electrons. The molecular weight excluding hydrogens is 388 g/mol. The molecule has 2 saturated heterocycles. The van der Waals surface area contributed by atoms with Crippen LogP contribution < -0.4 is 4.74 Å². The van der Waals surface area contributed by atoms with E-state index in [0.717, 1.165) is 68.7 Å². The molecule has 2 heterocycles. The zero-order chi connectivity index (χ0) is 21.6. The maximum Gasteiger partial charge on any atom is 0.253 e. The van der Waals surface area contributed by atoms with Gasteiger partial charge in [0.15, 0.2) is 0 Å². The first-order chi connectivity index (χ1) is 15.1. The Kier molecular flexibility index (Phi) is 6.90. The SMILES string of the molecule is CC1CCN(C(=O)c2ccc(OC[C@@H]3CCCN(C(=O)c4ccccc4)C3)cc2)CC1. The highest BCUT2D eigenvalue weighted by Crippen LogP contribution is 2.22. The van der Waals surface area contributed by atoms with Crippen LogP contribution in [-0.4, -0.2) is 54.4 Å². The Bertz CT molecular complexity index is 873. The standard InChI is InChI=1S/C26H32N2O3/c1-20-13-16-27(17-14-20)25(29)23-9-11-24(12-10-23)31-19-21-6-5-15-28(18-21)26(30)22-7-3-2-4-8-22/h2-4,7-12,20-21H,5-6,13-19H2,1H3/t21-/m1/s1. The smallest absolute Gasteiger partial charge is 0.253 e. The highest BCUT2D eigenvalue weighted by Gasteiger charge is 2.25. The lowest BCUT2D eigenvalue weighted by Crippen LogP contribution is -2.41.